The Morgan fingerprint density at radius 3 is 1.65 bits per heavy atom. The molecule has 18 nitrogen and oxygen atoms in total. The van der Waals surface area contributed by atoms with Gasteiger partial charge in [-0.25, -0.2) is 15.0 Å². The first-order valence-corrected chi connectivity index (χ1v) is 18.5. The van der Waals surface area contributed by atoms with E-state index in [0.29, 0.717) is 10.3 Å². The molecule has 2 aromatic rings. The third kappa shape index (κ3) is 12.6. The van der Waals surface area contributed by atoms with Gasteiger partial charge in [-0.15, -0.1) is 0 Å². The van der Waals surface area contributed by atoms with Crippen LogP contribution in [-0.4, -0.2) is 129 Å². The third-order valence-electron chi connectivity index (χ3n) is 7.17. The van der Waals surface area contributed by atoms with Crippen LogP contribution in [0.5, 0.6) is 0 Å². The highest BCUT2D eigenvalue weighted by molar-refractivity contribution is 7.99. The fourth-order valence-corrected chi connectivity index (χ4v) is 6.97. The number of nitrogens with zero attached hydrogens (tertiary/aromatic N) is 6. The van der Waals surface area contributed by atoms with Crippen LogP contribution in [0.2, 0.25) is 15.5 Å². The first kappa shape index (κ1) is 45.7. The number of aliphatic hydroxyl groups is 2. The van der Waals surface area contributed by atoms with Crippen molar-refractivity contribution in [2.75, 3.05) is 45.3 Å². The second-order valence-electron chi connectivity index (χ2n) is 10.5. The van der Waals surface area contributed by atoms with Crippen LogP contribution >= 0.6 is 58.3 Å². The highest BCUT2D eigenvalue weighted by Crippen LogP contribution is 2.34. The number of thioether (sulfide) groups is 2. The molecule has 0 unspecified atom stereocenters. The molecule has 2 aliphatic rings. The summed E-state index contributed by atoms with van der Waals surface area (Å²) >= 11 is 19.8. The predicted molar refractivity (Wildman–Crippen MR) is 199 cm³/mol. The number of halogens is 3. The highest BCUT2D eigenvalue weighted by Gasteiger charge is 2.38. The number of nitrogens with two attached hydrogens (primary N) is 1. The molecule has 290 valence electrons. The molecule has 5 N–H and O–H groups in total. The first-order valence-electron chi connectivity index (χ1n) is 15.4. The molecule has 2 aromatic heterocycles. The monoisotopic (exact) mass is 830 g/mol. The quantitative estimate of drug-likeness (QED) is 0.0546. The zero-order valence-corrected chi connectivity index (χ0v) is 32.8. The average molecular weight is 832 g/mol. The van der Waals surface area contributed by atoms with Gasteiger partial charge in [0, 0.05) is 34.2 Å². The summed E-state index contributed by atoms with van der Waals surface area (Å²) in [6, 6.07) is -0.717. The Labute approximate surface area is 323 Å². The van der Waals surface area contributed by atoms with E-state index in [1.807, 2.05) is 13.8 Å². The molecule has 2 heterocycles. The van der Waals surface area contributed by atoms with Gasteiger partial charge < -0.3 is 40.2 Å². The number of hydrogen-bond acceptors (Lipinski definition) is 18. The molecule has 0 spiro atoms. The molecule has 2 aliphatic carbocycles. The number of aromatic nitrogens is 4. The van der Waals surface area contributed by atoms with Crippen molar-refractivity contribution in [2.45, 2.75) is 79.3 Å². The fourth-order valence-electron chi connectivity index (χ4n) is 4.79. The number of nitrogens with one attached hydrogen (secondary N) is 1. The molecule has 0 bridgehead atoms. The summed E-state index contributed by atoms with van der Waals surface area (Å²) < 4.78 is 20.9. The van der Waals surface area contributed by atoms with E-state index in [0.717, 1.165) is 17.9 Å². The van der Waals surface area contributed by atoms with Gasteiger partial charge in [-0.3, -0.25) is 20.2 Å². The molecule has 0 amide bonds. The number of hydrogen-bond donors (Lipinski definition) is 4. The lowest BCUT2D eigenvalue weighted by Crippen LogP contribution is -2.51. The van der Waals surface area contributed by atoms with Crippen LogP contribution in [0.4, 0.5) is 17.2 Å². The fraction of sp³-hybridized carbons (Fsp3) is 0.586. The number of anilines is 1. The van der Waals surface area contributed by atoms with Crippen molar-refractivity contribution in [1.29, 1.82) is 0 Å². The Morgan fingerprint density at radius 1 is 0.750 bits per heavy atom. The maximum Gasteiger partial charge on any atom is 0.348 e. The van der Waals surface area contributed by atoms with Crippen molar-refractivity contribution in [3.63, 3.8) is 0 Å². The lowest BCUT2D eigenvalue weighted by molar-refractivity contribution is -0.385. The number of aliphatic hydroxyl groups excluding tert-OH is 2. The molecule has 4 rings (SSSR count). The second kappa shape index (κ2) is 22.7. The van der Waals surface area contributed by atoms with Crippen LogP contribution in [-0.2, 0) is 18.9 Å². The van der Waals surface area contributed by atoms with E-state index in [-0.39, 0.29) is 39.5 Å². The summed E-state index contributed by atoms with van der Waals surface area (Å²) in [4.78, 5) is 36.3. The van der Waals surface area contributed by atoms with Gasteiger partial charge in [0.15, 0.2) is 10.3 Å². The van der Waals surface area contributed by atoms with Gasteiger partial charge in [0.2, 0.25) is 21.3 Å². The van der Waals surface area contributed by atoms with Gasteiger partial charge in [-0.2, -0.15) is 4.98 Å². The van der Waals surface area contributed by atoms with Crippen molar-refractivity contribution < 1.29 is 39.0 Å². The van der Waals surface area contributed by atoms with Crippen LogP contribution in [0.25, 0.3) is 0 Å². The molecule has 0 fully saturated rings. The topological polar surface area (TPSA) is 253 Å². The smallest absolute Gasteiger partial charge is 0.348 e. The average Bonchev–Trinajstić information content (AvgIpc) is 3.08. The normalized spacial score (nSPS) is 25.0. The molecule has 52 heavy (non-hydrogen) atoms. The van der Waals surface area contributed by atoms with Crippen molar-refractivity contribution in [3.8, 4) is 0 Å². The number of methoxy groups -OCH3 is 4. The van der Waals surface area contributed by atoms with Crippen molar-refractivity contribution in [1.82, 2.24) is 19.9 Å². The highest BCUT2D eigenvalue weighted by atomic mass is 35.5. The lowest BCUT2D eigenvalue weighted by Gasteiger charge is -2.36. The summed E-state index contributed by atoms with van der Waals surface area (Å²) in [5.41, 5.74) is 4.86. The zero-order chi connectivity index (χ0) is 39.1. The van der Waals surface area contributed by atoms with E-state index < -0.39 is 51.7 Å². The van der Waals surface area contributed by atoms with Gasteiger partial charge >= 0.3 is 11.4 Å². The molecule has 0 saturated heterocycles. The Balaban J connectivity index is 0.000000302. The van der Waals surface area contributed by atoms with Crippen molar-refractivity contribution >= 4 is 75.5 Å². The van der Waals surface area contributed by atoms with E-state index in [1.54, 1.807) is 31.4 Å². The van der Waals surface area contributed by atoms with E-state index in [9.17, 15) is 30.4 Å². The molecule has 8 atom stereocenters. The molecular formula is C29H41Cl3N8O10S2. The van der Waals surface area contributed by atoms with E-state index in [2.05, 4.69) is 25.3 Å². The molecule has 0 aromatic carbocycles. The number of nitro groups is 2. The second-order valence-corrected chi connectivity index (χ2v) is 13.9. The minimum atomic E-state index is -0.845. The Bertz CT molecular complexity index is 1510. The van der Waals surface area contributed by atoms with Crippen molar-refractivity contribution in [2.24, 2.45) is 5.73 Å². The summed E-state index contributed by atoms with van der Waals surface area (Å²) in [7, 11) is 6.02. The van der Waals surface area contributed by atoms with Gasteiger partial charge in [0.25, 0.3) is 0 Å². The Kier molecular flexibility index (Phi) is 19.9. The Morgan fingerprint density at radius 2 is 1.21 bits per heavy atom. The van der Waals surface area contributed by atoms with Crippen LogP contribution in [0.15, 0.2) is 34.6 Å². The van der Waals surface area contributed by atoms with Gasteiger partial charge in [-0.05, 0) is 12.2 Å². The van der Waals surface area contributed by atoms with Crippen molar-refractivity contribution in [3.05, 3.63) is 60.0 Å². The van der Waals surface area contributed by atoms with Crippen LogP contribution < -0.4 is 11.1 Å². The summed E-state index contributed by atoms with van der Waals surface area (Å²) in [5.74, 6) is 1.50. The molecular weight excluding hydrogens is 791 g/mol. The SMILES string of the molecule is CCCSc1nc(Cl)c([N+](=O)[O-])c(N[C@@H]2C=C[C@H](O)[C@@H](OC)[C@H]2OC)n1.CCSc1nc(Cl)c([N+](=O)[O-])c(Cl)n1.CO[C@@H]1[C@H](OC)[C@@H](O)C=C[C@H]1N. The number of rotatable bonds is 13. The van der Waals surface area contributed by atoms with E-state index >= 15 is 0 Å². The van der Waals surface area contributed by atoms with Crippen LogP contribution in [0.1, 0.15) is 20.3 Å². The lowest BCUT2D eigenvalue weighted by atomic mass is 9.93. The standard InChI is InChI=1S/C15H21ClN4O5S.C8H15NO3.C6H5Cl2N3O2S/c1-4-7-26-15-18-13(16)10(20(22)23)14(19-15)17-8-5-6-9(21)12(25-3)11(8)24-2;1-11-7-5(9)3-4-6(10)8(7)12-2;1-2-14-6-9-4(7)3(11(12)13)5(8)10-6/h5-6,8-9,11-12,21H,4,7H2,1-3H3,(H,17,18,19);3-8,10H,9H2,1-2H3;2H2,1H3/t8-,9+,11+,12-;5-,6+,7+,8-;/m11./s1. The van der Waals surface area contributed by atoms with Gasteiger partial charge in [0.1, 0.15) is 36.6 Å². The first-order chi connectivity index (χ1) is 24.7. The van der Waals surface area contributed by atoms with Crippen LogP contribution in [0, 0.1) is 20.2 Å². The van der Waals surface area contributed by atoms with Crippen LogP contribution in [0.3, 0.4) is 0 Å². The summed E-state index contributed by atoms with van der Waals surface area (Å²) in [6.07, 6.45) is 4.15. The third-order valence-corrected chi connectivity index (χ3v) is 9.74. The maximum absolute atomic E-state index is 11.4. The molecule has 0 saturated carbocycles. The van der Waals surface area contributed by atoms with E-state index in [4.69, 9.17) is 59.5 Å². The summed E-state index contributed by atoms with van der Waals surface area (Å²) in [5, 5.41) is 44.3. The molecule has 0 radical (unpaired) electrons. The predicted octanol–water partition coefficient (Wildman–Crippen LogP) is 4.36. The van der Waals surface area contributed by atoms with E-state index in [1.165, 1.54) is 44.9 Å². The number of ether oxygens (including phenoxy) is 4. The minimum absolute atomic E-state index is 0.00320. The Hall–Kier alpha value is -2.47. The molecule has 23 heteroatoms. The maximum atomic E-state index is 11.4. The van der Waals surface area contributed by atoms with Gasteiger partial charge in [-0.1, -0.05) is 96.5 Å². The minimum Gasteiger partial charge on any atom is -0.386 e. The van der Waals surface area contributed by atoms with Gasteiger partial charge in [0.05, 0.1) is 21.9 Å². The zero-order valence-electron chi connectivity index (χ0n) is 28.9. The molecule has 0 aliphatic heterocycles. The summed E-state index contributed by atoms with van der Waals surface area (Å²) in [6.45, 7) is 3.91. The largest absolute Gasteiger partial charge is 0.386 e.